The van der Waals surface area contributed by atoms with Gasteiger partial charge < -0.3 is 20.2 Å². The van der Waals surface area contributed by atoms with Gasteiger partial charge in [0, 0.05) is 11.1 Å². The van der Waals surface area contributed by atoms with E-state index >= 15 is 8.78 Å². The molecule has 33 heavy (non-hydrogen) atoms. The van der Waals surface area contributed by atoms with Gasteiger partial charge in [0.2, 0.25) is 0 Å². The molecular formula is C24H29F3N2O4. The summed E-state index contributed by atoms with van der Waals surface area (Å²) in [6, 6.07) is 4.68. The van der Waals surface area contributed by atoms with Crippen LogP contribution in [0.4, 0.5) is 18.0 Å². The van der Waals surface area contributed by atoms with Gasteiger partial charge in [0.1, 0.15) is 22.8 Å². The van der Waals surface area contributed by atoms with Crippen molar-refractivity contribution in [2.45, 2.75) is 64.2 Å². The van der Waals surface area contributed by atoms with Gasteiger partial charge in [0.05, 0.1) is 17.7 Å². The molecule has 0 radical (unpaired) electrons. The number of hydrogen-bond acceptors (Lipinski definition) is 4. The lowest BCUT2D eigenvalue weighted by molar-refractivity contribution is -0.0423. The zero-order chi connectivity index (χ0) is 24.9. The molecule has 1 aromatic carbocycles. The quantitative estimate of drug-likeness (QED) is 0.570. The van der Waals surface area contributed by atoms with Gasteiger partial charge in [-0.05, 0) is 77.6 Å². The van der Waals surface area contributed by atoms with Crippen LogP contribution in [-0.4, -0.2) is 43.4 Å². The van der Waals surface area contributed by atoms with E-state index in [1.54, 1.807) is 20.8 Å². The summed E-state index contributed by atoms with van der Waals surface area (Å²) < 4.78 is 44.6. The predicted octanol–water partition coefficient (Wildman–Crippen LogP) is 4.77. The zero-order valence-corrected chi connectivity index (χ0v) is 19.3. The molecular weight excluding hydrogens is 437 g/mol. The fourth-order valence-corrected chi connectivity index (χ4v) is 3.96. The largest absolute Gasteiger partial charge is 0.465 e. The summed E-state index contributed by atoms with van der Waals surface area (Å²) in [7, 11) is 0. The molecule has 0 aliphatic heterocycles. The van der Waals surface area contributed by atoms with Crippen LogP contribution in [0, 0.1) is 23.4 Å². The topological polar surface area (TPSA) is 93.9 Å². The molecule has 9 heteroatoms. The van der Waals surface area contributed by atoms with E-state index in [1.165, 1.54) is 26.0 Å². The molecule has 1 aromatic heterocycles. The molecule has 1 aliphatic rings. The maximum Gasteiger partial charge on any atom is 0.407 e. The summed E-state index contributed by atoms with van der Waals surface area (Å²) in [6.07, 6.45) is -0.322. The Kier molecular flexibility index (Phi) is 6.27. The predicted molar refractivity (Wildman–Crippen MR) is 116 cm³/mol. The van der Waals surface area contributed by atoms with E-state index in [0.717, 1.165) is 17.0 Å². The fraction of sp³-hybridized carbons (Fsp3) is 0.500. The highest BCUT2D eigenvalue weighted by molar-refractivity contribution is 5.66. The van der Waals surface area contributed by atoms with E-state index in [9.17, 15) is 24.5 Å². The van der Waals surface area contributed by atoms with Crippen LogP contribution >= 0.6 is 0 Å². The molecule has 0 spiro atoms. The second kappa shape index (κ2) is 8.29. The Labute approximate surface area is 190 Å². The maximum absolute atomic E-state index is 15.8. The second-order valence-electron chi connectivity index (χ2n) is 10.1. The van der Waals surface area contributed by atoms with Crippen molar-refractivity contribution in [1.82, 2.24) is 9.88 Å². The van der Waals surface area contributed by atoms with Crippen LogP contribution in [0.1, 0.15) is 58.7 Å². The number of carbonyl (C=O) groups is 1. The normalized spacial score (nSPS) is 16.4. The van der Waals surface area contributed by atoms with Crippen molar-refractivity contribution in [3.8, 4) is 11.3 Å². The monoisotopic (exact) mass is 466 g/mol. The number of benzene rings is 1. The molecule has 1 fully saturated rings. The van der Waals surface area contributed by atoms with Gasteiger partial charge in [-0.1, -0.05) is 0 Å². The Bertz CT molecular complexity index is 1060. The van der Waals surface area contributed by atoms with Gasteiger partial charge >= 0.3 is 6.09 Å². The summed E-state index contributed by atoms with van der Waals surface area (Å²) in [4.78, 5) is 17.1. The average Bonchev–Trinajstić information content (AvgIpc) is 3.50. The summed E-state index contributed by atoms with van der Waals surface area (Å²) >= 11 is 0. The molecule has 1 saturated carbocycles. The summed E-state index contributed by atoms with van der Waals surface area (Å²) in [5.41, 5.74) is -6.49. The number of aromatic nitrogens is 1. The van der Waals surface area contributed by atoms with E-state index in [4.69, 9.17) is 0 Å². The molecule has 2 aromatic rings. The number of hydrogen-bond donors (Lipinski definition) is 3. The van der Waals surface area contributed by atoms with Gasteiger partial charge in [0.15, 0.2) is 11.6 Å². The zero-order valence-electron chi connectivity index (χ0n) is 19.3. The Morgan fingerprint density at radius 2 is 1.58 bits per heavy atom. The van der Waals surface area contributed by atoms with Crippen LogP contribution < -0.4 is 0 Å². The first kappa shape index (κ1) is 25.0. The molecule has 3 rings (SSSR count). The molecule has 0 saturated heterocycles. The molecule has 1 aliphatic carbocycles. The minimum Gasteiger partial charge on any atom is -0.465 e. The third kappa shape index (κ3) is 4.84. The van der Waals surface area contributed by atoms with E-state index in [-0.39, 0.29) is 11.3 Å². The van der Waals surface area contributed by atoms with Gasteiger partial charge in [0.25, 0.3) is 0 Å². The van der Waals surface area contributed by atoms with Gasteiger partial charge in [-0.25, -0.2) is 22.9 Å². The third-order valence-corrected chi connectivity index (χ3v) is 5.91. The fourth-order valence-electron chi connectivity index (χ4n) is 3.96. The third-order valence-electron chi connectivity index (χ3n) is 5.91. The number of halogens is 3. The molecule has 1 atom stereocenters. The number of β-amino-alcohol motifs (C(OH)–C–C–N with tert-alkyl or cyclic N) is 1. The highest BCUT2D eigenvalue weighted by Gasteiger charge is 2.52. The molecule has 6 nitrogen and oxygen atoms in total. The second-order valence-corrected chi connectivity index (χ2v) is 10.1. The lowest BCUT2D eigenvalue weighted by Gasteiger charge is -2.40. The Balaban J connectivity index is 2.30. The number of amides is 1. The average molecular weight is 467 g/mol. The van der Waals surface area contributed by atoms with Crippen molar-refractivity contribution in [2.24, 2.45) is 5.92 Å². The van der Waals surface area contributed by atoms with E-state index in [0.29, 0.717) is 12.8 Å². The van der Waals surface area contributed by atoms with E-state index in [2.05, 4.69) is 4.98 Å². The Hall–Kier alpha value is -2.65. The van der Waals surface area contributed by atoms with E-state index < -0.39 is 64.0 Å². The van der Waals surface area contributed by atoms with Crippen LogP contribution in [0.25, 0.3) is 11.3 Å². The van der Waals surface area contributed by atoms with Gasteiger partial charge in [-0.3, -0.25) is 0 Å². The summed E-state index contributed by atoms with van der Waals surface area (Å²) in [5.74, 6) is -3.45. The maximum atomic E-state index is 15.8. The molecule has 1 heterocycles. The minimum absolute atomic E-state index is 0.115. The first-order valence-electron chi connectivity index (χ1n) is 10.7. The summed E-state index contributed by atoms with van der Waals surface area (Å²) in [6.45, 7) is 6.79. The first-order valence-corrected chi connectivity index (χ1v) is 10.7. The van der Waals surface area contributed by atoms with Crippen LogP contribution in [-0.2, 0) is 11.2 Å². The molecule has 1 unspecified atom stereocenters. The highest BCUT2D eigenvalue weighted by atomic mass is 19.1. The minimum atomic E-state index is -2.07. The molecule has 1 amide bonds. The van der Waals surface area contributed by atoms with Crippen LogP contribution in [0.5, 0.6) is 0 Å². The van der Waals surface area contributed by atoms with Crippen molar-refractivity contribution < 1.29 is 33.3 Å². The Morgan fingerprint density at radius 1 is 1.03 bits per heavy atom. The van der Waals surface area contributed by atoms with Crippen molar-refractivity contribution >= 4 is 6.09 Å². The van der Waals surface area contributed by atoms with Crippen LogP contribution in [0.2, 0.25) is 0 Å². The lowest BCUT2D eigenvalue weighted by Crippen LogP contribution is -2.53. The Morgan fingerprint density at radius 3 is 2.00 bits per heavy atom. The van der Waals surface area contributed by atoms with E-state index in [1.807, 2.05) is 0 Å². The standard InChI is InChI=1S/C24H29F3N2O4/c1-22(2,3)29(21(30)31)12-24(33,14-8-9-14)20-18(27)16(23(4,5)32)17(26)19(28-20)13-6-10-15(25)11-7-13/h6-7,10-11,14,32-33H,8-9,12H2,1-5H3,(H,30,31). The molecule has 180 valence electrons. The number of carboxylic acid groups (broad SMARTS) is 1. The SMILES string of the molecule is CC(C)(O)c1c(F)c(-c2ccc(F)cc2)nc(C(O)(CN(C(=O)O)C(C)(C)C)C2CC2)c1F. The van der Waals surface area contributed by atoms with Crippen molar-refractivity contribution in [3.63, 3.8) is 0 Å². The highest BCUT2D eigenvalue weighted by Crippen LogP contribution is 2.48. The molecule has 0 bridgehead atoms. The first-order chi connectivity index (χ1) is 15.1. The number of rotatable bonds is 6. The number of nitrogens with zero attached hydrogens (tertiary/aromatic N) is 2. The van der Waals surface area contributed by atoms with Gasteiger partial charge in [-0.15, -0.1) is 0 Å². The summed E-state index contributed by atoms with van der Waals surface area (Å²) in [5, 5.41) is 32.0. The van der Waals surface area contributed by atoms with Crippen LogP contribution in [0.3, 0.4) is 0 Å². The van der Waals surface area contributed by atoms with Crippen molar-refractivity contribution in [3.05, 3.63) is 53.0 Å². The van der Waals surface area contributed by atoms with Crippen LogP contribution in [0.15, 0.2) is 24.3 Å². The smallest absolute Gasteiger partial charge is 0.407 e. The number of aliphatic hydroxyl groups is 2. The van der Waals surface area contributed by atoms with Crippen molar-refractivity contribution in [2.75, 3.05) is 6.54 Å². The lowest BCUT2D eigenvalue weighted by atomic mass is 9.86. The molecule has 3 N–H and O–H groups in total. The van der Waals surface area contributed by atoms with Crippen molar-refractivity contribution in [1.29, 1.82) is 0 Å². The van der Waals surface area contributed by atoms with Gasteiger partial charge in [-0.2, -0.15) is 0 Å². The number of pyridine rings is 1.